The Morgan fingerprint density at radius 1 is 1.42 bits per heavy atom. The lowest BCUT2D eigenvalue weighted by molar-refractivity contribution is 0.321. The van der Waals surface area contributed by atoms with E-state index in [0.29, 0.717) is 23.4 Å². The number of ether oxygens (including phenoxy) is 1. The maximum atomic E-state index is 13.7. The predicted octanol–water partition coefficient (Wildman–Crippen LogP) is 3.45. The van der Waals surface area contributed by atoms with Gasteiger partial charge in [0.15, 0.2) is 16.7 Å². The molecule has 0 aliphatic heterocycles. The minimum Gasteiger partial charge on any atom is -0.491 e. The fourth-order valence-corrected chi connectivity index (χ4v) is 2.56. The van der Waals surface area contributed by atoms with Crippen LogP contribution in [0.25, 0.3) is 0 Å². The first-order valence-electron chi connectivity index (χ1n) is 6.69. The molecule has 0 saturated heterocycles. The van der Waals surface area contributed by atoms with Gasteiger partial charge in [-0.25, -0.2) is 4.39 Å². The number of anilines is 1. The molecule has 0 spiro atoms. The first kappa shape index (κ1) is 14.1. The second-order valence-corrected chi connectivity index (χ2v) is 5.07. The van der Waals surface area contributed by atoms with E-state index in [4.69, 9.17) is 17.0 Å². The quantitative estimate of drug-likeness (QED) is 0.829. The monoisotopic (exact) mass is 282 g/mol. The van der Waals surface area contributed by atoms with Gasteiger partial charge in [0.25, 0.3) is 0 Å². The van der Waals surface area contributed by atoms with Crippen molar-refractivity contribution in [1.82, 2.24) is 5.32 Å². The van der Waals surface area contributed by atoms with Gasteiger partial charge >= 0.3 is 0 Å². The molecule has 5 heteroatoms. The Bertz CT molecular complexity index is 447. The van der Waals surface area contributed by atoms with Gasteiger partial charge in [-0.15, -0.1) is 0 Å². The van der Waals surface area contributed by atoms with Crippen LogP contribution in [0.1, 0.15) is 32.6 Å². The molecule has 1 aliphatic carbocycles. The molecule has 1 aliphatic rings. The minimum atomic E-state index is -0.379. The summed E-state index contributed by atoms with van der Waals surface area (Å²) in [5, 5.41) is 6.81. The predicted molar refractivity (Wildman–Crippen MR) is 79.2 cm³/mol. The first-order chi connectivity index (χ1) is 9.19. The third-order valence-electron chi connectivity index (χ3n) is 3.18. The topological polar surface area (TPSA) is 33.3 Å². The molecule has 0 amide bonds. The van der Waals surface area contributed by atoms with Crippen LogP contribution in [-0.2, 0) is 0 Å². The van der Waals surface area contributed by atoms with E-state index in [1.54, 1.807) is 12.1 Å². The van der Waals surface area contributed by atoms with E-state index in [1.807, 2.05) is 6.92 Å². The SMILES string of the molecule is CCOc1ccc(NC(=S)NC2CCCC2)cc1F. The lowest BCUT2D eigenvalue weighted by Crippen LogP contribution is -2.35. The first-order valence-corrected chi connectivity index (χ1v) is 7.09. The van der Waals surface area contributed by atoms with Crippen molar-refractivity contribution in [2.75, 3.05) is 11.9 Å². The molecule has 1 aromatic carbocycles. The Morgan fingerprint density at radius 2 is 2.16 bits per heavy atom. The van der Waals surface area contributed by atoms with Gasteiger partial charge in [0.1, 0.15) is 0 Å². The van der Waals surface area contributed by atoms with E-state index in [1.165, 1.54) is 18.9 Å². The number of nitrogens with one attached hydrogen (secondary N) is 2. The molecule has 0 unspecified atom stereocenters. The summed E-state index contributed by atoms with van der Waals surface area (Å²) in [7, 11) is 0. The van der Waals surface area contributed by atoms with Gasteiger partial charge in [-0.3, -0.25) is 0 Å². The highest BCUT2D eigenvalue weighted by molar-refractivity contribution is 7.80. The van der Waals surface area contributed by atoms with Crippen LogP contribution in [0.15, 0.2) is 18.2 Å². The third-order valence-corrected chi connectivity index (χ3v) is 3.40. The maximum Gasteiger partial charge on any atom is 0.170 e. The van der Waals surface area contributed by atoms with E-state index >= 15 is 0 Å². The number of benzene rings is 1. The highest BCUT2D eigenvalue weighted by atomic mass is 32.1. The van der Waals surface area contributed by atoms with Gasteiger partial charge in [-0.05, 0) is 44.1 Å². The molecule has 0 aromatic heterocycles. The molecular formula is C14H19FN2OS. The van der Waals surface area contributed by atoms with Crippen LogP contribution in [0.3, 0.4) is 0 Å². The van der Waals surface area contributed by atoms with E-state index in [9.17, 15) is 4.39 Å². The Labute approximate surface area is 118 Å². The van der Waals surface area contributed by atoms with Crippen molar-refractivity contribution in [1.29, 1.82) is 0 Å². The lowest BCUT2D eigenvalue weighted by atomic mass is 10.2. The lowest BCUT2D eigenvalue weighted by Gasteiger charge is -2.16. The summed E-state index contributed by atoms with van der Waals surface area (Å²) >= 11 is 5.22. The fraction of sp³-hybridized carbons (Fsp3) is 0.500. The van der Waals surface area contributed by atoms with Crippen LogP contribution in [0.4, 0.5) is 10.1 Å². The smallest absolute Gasteiger partial charge is 0.170 e. The van der Waals surface area contributed by atoms with Crippen molar-refractivity contribution >= 4 is 23.0 Å². The molecule has 1 fully saturated rings. The van der Waals surface area contributed by atoms with Crippen molar-refractivity contribution in [3.05, 3.63) is 24.0 Å². The zero-order valence-electron chi connectivity index (χ0n) is 11.0. The summed E-state index contributed by atoms with van der Waals surface area (Å²) in [5.41, 5.74) is 0.636. The van der Waals surface area contributed by atoms with Gasteiger partial charge in [0.2, 0.25) is 0 Å². The van der Waals surface area contributed by atoms with E-state index < -0.39 is 0 Å². The van der Waals surface area contributed by atoms with Gasteiger partial charge in [-0.1, -0.05) is 12.8 Å². The van der Waals surface area contributed by atoms with Crippen molar-refractivity contribution in [3.63, 3.8) is 0 Å². The Kier molecular flexibility index (Phi) is 4.96. The molecule has 19 heavy (non-hydrogen) atoms. The molecule has 104 valence electrons. The summed E-state index contributed by atoms with van der Waals surface area (Å²) in [6.45, 7) is 2.28. The Balaban J connectivity index is 1.91. The molecule has 2 rings (SSSR count). The van der Waals surface area contributed by atoms with Crippen LogP contribution >= 0.6 is 12.2 Å². The molecule has 0 heterocycles. The highest BCUT2D eigenvalue weighted by Gasteiger charge is 2.15. The summed E-state index contributed by atoms with van der Waals surface area (Å²) in [4.78, 5) is 0. The molecule has 0 atom stereocenters. The second kappa shape index (κ2) is 6.70. The molecule has 3 nitrogen and oxygen atoms in total. The van der Waals surface area contributed by atoms with Crippen molar-refractivity contribution in [2.24, 2.45) is 0 Å². The number of hydrogen-bond acceptors (Lipinski definition) is 2. The number of rotatable bonds is 4. The van der Waals surface area contributed by atoms with Crippen LogP contribution in [0.5, 0.6) is 5.75 Å². The van der Waals surface area contributed by atoms with Gasteiger partial charge in [0, 0.05) is 17.8 Å². The van der Waals surface area contributed by atoms with Crippen LogP contribution in [0.2, 0.25) is 0 Å². The molecule has 0 radical (unpaired) electrons. The maximum absolute atomic E-state index is 13.7. The van der Waals surface area contributed by atoms with Crippen molar-refractivity contribution in [2.45, 2.75) is 38.6 Å². The molecular weight excluding hydrogens is 263 g/mol. The van der Waals surface area contributed by atoms with Gasteiger partial charge < -0.3 is 15.4 Å². The van der Waals surface area contributed by atoms with Crippen molar-refractivity contribution in [3.8, 4) is 5.75 Å². The van der Waals surface area contributed by atoms with Crippen LogP contribution in [0, 0.1) is 5.82 Å². The molecule has 1 saturated carbocycles. The van der Waals surface area contributed by atoms with E-state index in [2.05, 4.69) is 10.6 Å². The number of halogens is 1. The van der Waals surface area contributed by atoms with E-state index in [-0.39, 0.29) is 11.6 Å². The number of thiocarbonyl (C=S) groups is 1. The molecule has 2 N–H and O–H groups in total. The average molecular weight is 282 g/mol. The number of hydrogen-bond donors (Lipinski definition) is 2. The van der Waals surface area contributed by atoms with Gasteiger partial charge in [-0.2, -0.15) is 0 Å². The van der Waals surface area contributed by atoms with Crippen molar-refractivity contribution < 1.29 is 9.13 Å². The molecule has 0 bridgehead atoms. The second-order valence-electron chi connectivity index (χ2n) is 4.66. The zero-order valence-corrected chi connectivity index (χ0v) is 11.9. The van der Waals surface area contributed by atoms with Gasteiger partial charge in [0.05, 0.1) is 6.61 Å². The standard InChI is InChI=1S/C14H19FN2OS/c1-2-18-13-8-7-11(9-12(13)15)17-14(19)16-10-5-3-4-6-10/h7-10H,2-6H2,1H3,(H2,16,17,19). The van der Waals surface area contributed by atoms with Crippen LogP contribution < -0.4 is 15.4 Å². The average Bonchev–Trinajstić information content (AvgIpc) is 2.85. The van der Waals surface area contributed by atoms with E-state index in [0.717, 1.165) is 12.8 Å². The molecule has 1 aromatic rings. The highest BCUT2D eigenvalue weighted by Crippen LogP contribution is 2.21. The Hall–Kier alpha value is -1.36. The fourth-order valence-electron chi connectivity index (χ4n) is 2.27. The summed E-state index contributed by atoms with van der Waals surface area (Å²) in [5.74, 6) is -0.113. The minimum absolute atomic E-state index is 0.266. The largest absolute Gasteiger partial charge is 0.491 e. The third kappa shape index (κ3) is 4.06. The zero-order chi connectivity index (χ0) is 13.7. The normalized spacial score (nSPS) is 15.3. The summed E-state index contributed by atoms with van der Waals surface area (Å²) in [6, 6.07) is 5.22. The van der Waals surface area contributed by atoms with Crippen LogP contribution in [-0.4, -0.2) is 17.8 Å². The summed E-state index contributed by atoms with van der Waals surface area (Å²) < 4.78 is 18.8. The Morgan fingerprint density at radius 3 is 2.79 bits per heavy atom. The summed E-state index contributed by atoms with van der Waals surface area (Å²) in [6.07, 6.45) is 4.80.